The SMILES string of the molecule is COc1cccc(C(=O)NCC(O)c2cccn2C)c1. The number of nitrogens with one attached hydrogen (secondary N) is 1. The lowest BCUT2D eigenvalue weighted by Gasteiger charge is -2.13. The molecule has 5 nitrogen and oxygen atoms in total. The Morgan fingerprint density at radius 1 is 1.40 bits per heavy atom. The molecule has 0 spiro atoms. The highest BCUT2D eigenvalue weighted by atomic mass is 16.5. The summed E-state index contributed by atoms with van der Waals surface area (Å²) in [5, 5.41) is 12.7. The molecule has 1 atom stereocenters. The number of aryl methyl sites for hydroxylation is 1. The molecule has 0 saturated carbocycles. The molecule has 1 aromatic carbocycles. The first kappa shape index (κ1) is 14.1. The zero-order valence-corrected chi connectivity index (χ0v) is 11.5. The van der Waals surface area contributed by atoms with Crippen LogP contribution in [-0.4, -0.2) is 29.2 Å². The van der Waals surface area contributed by atoms with E-state index in [1.165, 1.54) is 0 Å². The molecule has 0 radical (unpaired) electrons. The van der Waals surface area contributed by atoms with Crippen LogP contribution in [0.4, 0.5) is 0 Å². The summed E-state index contributed by atoms with van der Waals surface area (Å²) in [6.45, 7) is 0.161. The number of rotatable bonds is 5. The second-order valence-corrected chi connectivity index (χ2v) is 4.50. The van der Waals surface area contributed by atoms with E-state index in [1.54, 1.807) is 31.4 Å². The Labute approximate surface area is 117 Å². The molecule has 106 valence electrons. The first-order valence-corrected chi connectivity index (χ1v) is 6.33. The van der Waals surface area contributed by atoms with Gasteiger partial charge in [-0.1, -0.05) is 6.07 Å². The fourth-order valence-corrected chi connectivity index (χ4v) is 1.98. The van der Waals surface area contributed by atoms with Crippen LogP contribution in [-0.2, 0) is 7.05 Å². The molecule has 0 fully saturated rings. The lowest BCUT2D eigenvalue weighted by atomic mass is 10.2. The summed E-state index contributed by atoms with van der Waals surface area (Å²) < 4.78 is 6.89. The van der Waals surface area contributed by atoms with E-state index in [4.69, 9.17) is 4.74 Å². The van der Waals surface area contributed by atoms with Crippen LogP contribution >= 0.6 is 0 Å². The molecule has 1 heterocycles. The van der Waals surface area contributed by atoms with Crippen molar-refractivity contribution >= 4 is 5.91 Å². The highest BCUT2D eigenvalue weighted by Crippen LogP contribution is 2.14. The van der Waals surface area contributed by atoms with Crippen LogP contribution in [0.2, 0.25) is 0 Å². The third-order valence-corrected chi connectivity index (χ3v) is 3.11. The first-order chi connectivity index (χ1) is 9.61. The van der Waals surface area contributed by atoms with Crippen molar-refractivity contribution in [3.05, 3.63) is 53.9 Å². The zero-order valence-electron chi connectivity index (χ0n) is 11.5. The summed E-state index contributed by atoms with van der Waals surface area (Å²) in [6.07, 6.45) is 1.12. The number of methoxy groups -OCH3 is 1. The molecule has 1 unspecified atom stereocenters. The maximum absolute atomic E-state index is 12.0. The van der Waals surface area contributed by atoms with Crippen molar-refractivity contribution in [3.8, 4) is 5.75 Å². The maximum Gasteiger partial charge on any atom is 0.251 e. The van der Waals surface area contributed by atoms with E-state index in [0.29, 0.717) is 11.3 Å². The molecule has 0 bridgehead atoms. The molecule has 20 heavy (non-hydrogen) atoms. The number of aromatic nitrogens is 1. The molecule has 2 rings (SSSR count). The fourth-order valence-electron chi connectivity index (χ4n) is 1.98. The largest absolute Gasteiger partial charge is 0.497 e. The lowest BCUT2D eigenvalue weighted by molar-refractivity contribution is 0.0912. The minimum atomic E-state index is -0.732. The van der Waals surface area contributed by atoms with Crippen LogP contribution in [0.1, 0.15) is 22.2 Å². The van der Waals surface area contributed by atoms with Crippen molar-refractivity contribution in [2.24, 2.45) is 7.05 Å². The van der Waals surface area contributed by atoms with Crippen molar-refractivity contribution in [2.75, 3.05) is 13.7 Å². The summed E-state index contributed by atoms with van der Waals surface area (Å²) in [6, 6.07) is 10.6. The van der Waals surface area contributed by atoms with Crippen molar-refractivity contribution in [1.82, 2.24) is 9.88 Å². The molecule has 1 amide bonds. The molecule has 0 aliphatic carbocycles. The Kier molecular flexibility index (Phi) is 4.42. The standard InChI is InChI=1S/C15H18N2O3/c1-17-8-4-7-13(17)14(18)10-16-15(19)11-5-3-6-12(9-11)20-2/h3-9,14,18H,10H2,1-2H3,(H,16,19). The van der Waals surface area contributed by atoms with Crippen molar-refractivity contribution in [1.29, 1.82) is 0 Å². The van der Waals surface area contributed by atoms with Gasteiger partial charge in [-0.25, -0.2) is 0 Å². The second-order valence-electron chi connectivity index (χ2n) is 4.50. The van der Waals surface area contributed by atoms with Crippen LogP contribution in [0.5, 0.6) is 5.75 Å². The Bertz CT molecular complexity index is 592. The third-order valence-electron chi connectivity index (χ3n) is 3.11. The molecule has 0 aliphatic heterocycles. The lowest BCUT2D eigenvalue weighted by Crippen LogP contribution is -2.29. The van der Waals surface area contributed by atoms with Crippen molar-refractivity contribution in [3.63, 3.8) is 0 Å². The van der Waals surface area contributed by atoms with Crippen LogP contribution < -0.4 is 10.1 Å². The van der Waals surface area contributed by atoms with Gasteiger partial charge >= 0.3 is 0 Å². The highest BCUT2D eigenvalue weighted by Gasteiger charge is 2.13. The van der Waals surface area contributed by atoms with Gasteiger partial charge in [-0.2, -0.15) is 0 Å². The summed E-state index contributed by atoms with van der Waals surface area (Å²) in [7, 11) is 3.40. The van der Waals surface area contributed by atoms with Crippen LogP contribution in [0.25, 0.3) is 0 Å². The van der Waals surface area contributed by atoms with Crippen molar-refractivity contribution in [2.45, 2.75) is 6.10 Å². The number of carbonyl (C=O) groups is 1. The van der Waals surface area contributed by atoms with Crippen molar-refractivity contribution < 1.29 is 14.6 Å². The molecule has 0 aliphatic rings. The quantitative estimate of drug-likeness (QED) is 0.868. The van der Waals surface area contributed by atoms with Gasteiger partial charge in [0.25, 0.3) is 5.91 Å². The van der Waals surface area contributed by atoms with Gasteiger partial charge in [-0.15, -0.1) is 0 Å². The fraction of sp³-hybridized carbons (Fsp3) is 0.267. The van der Waals surface area contributed by atoms with E-state index >= 15 is 0 Å². The topological polar surface area (TPSA) is 63.5 Å². The average molecular weight is 274 g/mol. The summed E-state index contributed by atoms with van der Waals surface area (Å²) in [4.78, 5) is 12.0. The minimum absolute atomic E-state index is 0.161. The molecule has 5 heteroatoms. The van der Waals surface area contributed by atoms with E-state index in [2.05, 4.69) is 5.32 Å². The number of aliphatic hydroxyl groups excluding tert-OH is 1. The molecule has 2 N–H and O–H groups in total. The van der Waals surface area contributed by atoms with Gasteiger partial charge in [0.15, 0.2) is 0 Å². The first-order valence-electron chi connectivity index (χ1n) is 6.33. The van der Waals surface area contributed by atoms with Gasteiger partial charge in [-0.05, 0) is 30.3 Å². The minimum Gasteiger partial charge on any atom is -0.497 e. The van der Waals surface area contributed by atoms with E-state index in [0.717, 1.165) is 5.69 Å². The predicted octanol–water partition coefficient (Wildman–Crippen LogP) is 1.50. The van der Waals surface area contributed by atoms with Gasteiger partial charge in [0.2, 0.25) is 0 Å². The monoisotopic (exact) mass is 274 g/mol. The van der Waals surface area contributed by atoms with Gasteiger partial charge < -0.3 is 19.7 Å². The zero-order chi connectivity index (χ0) is 14.5. The van der Waals surface area contributed by atoms with E-state index in [9.17, 15) is 9.90 Å². The number of aliphatic hydroxyl groups is 1. The number of carbonyl (C=O) groups excluding carboxylic acids is 1. The van der Waals surface area contributed by atoms with E-state index in [1.807, 2.05) is 29.9 Å². The molecular formula is C15H18N2O3. The van der Waals surface area contributed by atoms with Crippen LogP contribution in [0.15, 0.2) is 42.6 Å². The summed E-state index contributed by atoms with van der Waals surface area (Å²) in [5.41, 5.74) is 1.26. The number of ether oxygens (including phenoxy) is 1. The number of benzene rings is 1. The van der Waals surface area contributed by atoms with Gasteiger partial charge in [0, 0.05) is 31.0 Å². The highest BCUT2D eigenvalue weighted by molar-refractivity contribution is 5.94. The third kappa shape index (κ3) is 3.19. The molecule has 1 aromatic heterocycles. The van der Waals surface area contributed by atoms with Gasteiger partial charge in [0.1, 0.15) is 11.9 Å². The average Bonchev–Trinajstić information content (AvgIpc) is 2.90. The molecular weight excluding hydrogens is 256 g/mol. The predicted molar refractivity (Wildman–Crippen MR) is 75.7 cm³/mol. The molecule has 0 saturated heterocycles. The summed E-state index contributed by atoms with van der Waals surface area (Å²) in [5.74, 6) is 0.387. The van der Waals surface area contributed by atoms with Crippen LogP contribution in [0.3, 0.4) is 0 Å². The molecule has 2 aromatic rings. The number of hydrogen-bond acceptors (Lipinski definition) is 3. The Morgan fingerprint density at radius 3 is 2.85 bits per heavy atom. The maximum atomic E-state index is 12.0. The van der Waals surface area contributed by atoms with Gasteiger partial charge in [-0.3, -0.25) is 4.79 Å². The Hall–Kier alpha value is -2.27. The van der Waals surface area contributed by atoms with Crippen LogP contribution in [0, 0.1) is 0 Å². The number of nitrogens with zero attached hydrogens (tertiary/aromatic N) is 1. The summed E-state index contributed by atoms with van der Waals surface area (Å²) >= 11 is 0. The van der Waals surface area contributed by atoms with E-state index < -0.39 is 6.10 Å². The van der Waals surface area contributed by atoms with E-state index in [-0.39, 0.29) is 12.5 Å². The smallest absolute Gasteiger partial charge is 0.251 e. The normalized spacial score (nSPS) is 11.9. The Balaban J connectivity index is 1.96. The number of amides is 1. The second kappa shape index (κ2) is 6.25. The van der Waals surface area contributed by atoms with Gasteiger partial charge in [0.05, 0.1) is 7.11 Å². The Morgan fingerprint density at radius 2 is 2.20 bits per heavy atom. The number of hydrogen-bond donors (Lipinski definition) is 2.